The summed E-state index contributed by atoms with van der Waals surface area (Å²) in [6.45, 7) is 9.80. The fourth-order valence-corrected chi connectivity index (χ4v) is 0.513. The Hall–Kier alpha value is -1.19. The van der Waals surface area contributed by atoms with Crippen molar-refractivity contribution in [3.63, 3.8) is 0 Å². The van der Waals surface area contributed by atoms with Gasteiger partial charge < -0.3 is 5.32 Å². The molecule has 1 rings (SSSR count). The Balaban J connectivity index is 0. The van der Waals surface area contributed by atoms with Crippen LogP contribution >= 0.6 is 0 Å². The molecule has 76 valence electrons. The number of rotatable bonds is 1. The summed E-state index contributed by atoms with van der Waals surface area (Å²) in [5.41, 5.74) is 0. The van der Waals surface area contributed by atoms with E-state index in [-0.39, 0.29) is 0 Å². The van der Waals surface area contributed by atoms with E-state index >= 15 is 0 Å². The molecule has 1 aromatic heterocycles. The molecule has 1 N–H and O–H groups in total. The van der Waals surface area contributed by atoms with Crippen molar-refractivity contribution in [3.8, 4) is 0 Å². The molecule has 4 heteroatoms. The number of aryl methyl sites for hydroxylation is 1. The van der Waals surface area contributed by atoms with Gasteiger partial charge in [0.1, 0.15) is 11.6 Å². The summed E-state index contributed by atoms with van der Waals surface area (Å²) in [5.74, 6) is 1.43. The van der Waals surface area contributed by atoms with Crippen LogP contribution in [0, 0.1) is 6.92 Å². The minimum atomic E-state index is 0.682. The third kappa shape index (κ3) is 7.18. The molecule has 0 aromatic carbocycles. The molecule has 0 aliphatic rings. The Bertz CT molecular complexity index is 201. The van der Waals surface area contributed by atoms with E-state index < -0.39 is 0 Å². The van der Waals surface area contributed by atoms with Gasteiger partial charge in [0.05, 0.1) is 6.20 Å². The quantitative estimate of drug-likeness (QED) is 0.727. The van der Waals surface area contributed by atoms with Gasteiger partial charge in [-0.25, -0.2) is 4.98 Å². The summed E-state index contributed by atoms with van der Waals surface area (Å²) in [7, 11) is 1.80. The van der Waals surface area contributed by atoms with Crippen molar-refractivity contribution in [1.29, 1.82) is 0 Å². The SMILES string of the molecule is CC.CC.CNc1cnnc(C)n1. The van der Waals surface area contributed by atoms with E-state index in [1.165, 1.54) is 0 Å². The molecular weight excluding hydrogens is 164 g/mol. The average molecular weight is 184 g/mol. The molecule has 4 nitrogen and oxygen atoms in total. The molecule has 1 heterocycles. The molecule has 0 saturated carbocycles. The largest absolute Gasteiger partial charge is 0.372 e. The van der Waals surface area contributed by atoms with Gasteiger partial charge in [0.25, 0.3) is 0 Å². The van der Waals surface area contributed by atoms with Crippen molar-refractivity contribution in [2.75, 3.05) is 12.4 Å². The zero-order valence-electron chi connectivity index (χ0n) is 9.42. The van der Waals surface area contributed by atoms with Gasteiger partial charge in [-0.05, 0) is 6.92 Å². The number of nitrogens with one attached hydrogen (secondary N) is 1. The normalized spacial score (nSPS) is 7.23. The van der Waals surface area contributed by atoms with Crippen LogP contribution < -0.4 is 5.32 Å². The van der Waals surface area contributed by atoms with Gasteiger partial charge in [0, 0.05) is 7.05 Å². The minimum Gasteiger partial charge on any atom is -0.372 e. The molecule has 0 aliphatic carbocycles. The maximum absolute atomic E-state index is 4.01. The van der Waals surface area contributed by atoms with E-state index in [2.05, 4.69) is 20.5 Å². The van der Waals surface area contributed by atoms with Crippen molar-refractivity contribution >= 4 is 5.82 Å². The molecule has 0 fully saturated rings. The average Bonchev–Trinajstić information content (AvgIpc) is 2.24. The van der Waals surface area contributed by atoms with Crippen molar-refractivity contribution in [2.45, 2.75) is 34.6 Å². The van der Waals surface area contributed by atoms with Crippen molar-refractivity contribution in [2.24, 2.45) is 0 Å². The van der Waals surface area contributed by atoms with Gasteiger partial charge in [-0.2, -0.15) is 5.10 Å². The van der Waals surface area contributed by atoms with Crippen LogP contribution in [-0.2, 0) is 0 Å². The number of anilines is 1. The van der Waals surface area contributed by atoms with Gasteiger partial charge in [-0.15, -0.1) is 5.10 Å². The van der Waals surface area contributed by atoms with Crippen LogP contribution in [0.4, 0.5) is 5.82 Å². The maximum Gasteiger partial charge on any atom is 0.150 e. The molecule has 0 spiro atoms. The molecule has 13 heavy (non-hydrogen) atoms. The first-order chi connectivity index (χ1) is 6.33. The molecule has 0 aliphatic heterocycles. The Morgan fingerprint density at radius 3 is 2.00 bits per heavy atom. The first-order valence-corrected chi connectivity index (χ1v) is 4.67. The first kappa shape index (κ1) is 14.3. The fraction of sp³-hybridized carbons (Fsp3) is 0.667. The zero-order chi connectivity index (χ0) is 10.7. The smallest absolute Gasteiger partial charge is 0.150 e. The third-order valence-corrected chi connectivity index (χ3v) is 0.921. The predicted octanol–water partition coefficient (Wildman–Crippen LogP) is 2.27. The molecule has 0 unspecified atom stereocenters. The van der Waals surface area contributed by atoms with Gasteiger partial charge in [-0.3, -0.25) is 0 Å². The highest BCUT2D eigenvalue weighted by atomic mass is 15.2. The van der Waals surface area contributed by atoms with Crippen LogP contribution in [0.15, 0.2) is 6.20 Å². The highest BCUT2D eigenvalue weighted by Crippen LogP contribution is 1.94. The Labute approximate surface area is 80.8 Å². The van der Waals surface area contributed by atoms with Crippen LogP contribution in [0.5, 0.6) is 0 Å². The Morgan fingerprint density at radius 2 is 1.69 bits per heavy atom. The monoisotopic (exact) mass is 184 g/mol. The van der Waals surface area contributed by atoms with Crippen LogP contribution in [0.25, 0.3) is 0 Å². The second-order valence-electron chi connectivity index (χ2n) is 1.64. The number of hydrogen-bond acceptors (Lipinski definition) is 4. The standard InChI is InChI=1S/C5H8N4.2C2H6/c1-4-8-5(6-2)3-7-9-4;2*1-2/h3H,1-2H3,(H,6,8,9);2*1-2H3. The lowest BCUT2D eigenvalue weighted by Gasteiger charge is -1.95. The van der Waals surface area contributed by atoms with E-state index in [1.807, 2.05) is 27.7 Å². The molecule has 0 radical (unpaired) electrons. The maximum atomic E-state index is 4.01. The van der Waals surface area contributed by atoms with Crippen LogP contribution in [0.2, 0.25) is 0 Å². The van der Waals surface area contributed by atoms with E-state index in [0.717, 1.165) is 5.82 Å². The van der Waals surface area contributed by atoms with E-state index in [1.54, 1.807) is 20.2 Å². The summed E-state index contributed by atoms with van der Waals surface area (Å²) in [6, 6.07) is 0. The summed E-state index contributed by atoms with van der Waals surface area (Å²) >= 11 is 0. The summed E-state index contributed by atoms with van der Waals surface area (Å²) < 4.78 is 0. The lowest BCUT2D eigenvalue weighted by Crippen LogP contribution is -1.97. The number of nitrogens with zero attached hydrogens (tertiary/aromatic N) is 3. The van der Waals surface area contributed by atoms with Crippen LogP contribution in [0.1, 0.15) is 33.5 Å². The van der Waals surface area contributed by atoms with E-state index in [0.29, 0.717) is 5.82 Å². The summed E-state index contributed by atoms with van der Waals surface area (Å²) in [6.07, 6.45) is 1.58. The van der Waals surface area contributed by atoms with Gasteiger partial charge >= 0.3 is 0 Å². The van der Waals surface area contributed by atoms with Crippen molar-refractivity contribution in [3.05, 3.63) is 12.0 Å². The summed E-state index contributed by atoms with van der Waals surface area (Å²) in [5, 5.41) is 10.2. The van der Waals surface area contributed by atoms with Gasteiger partial charge in [-0.1, -0.05) is 27.7 Å². The lowest BCUT2D eigenvalue weighted by atomic mass is 10.6. The summed E-state index contributed by atoms with van der Waals surface area (Å²) in [4.78, 5) is 4.01. The molecule has 0 bridgehead atoms. The zero-order valence-corrected chi connectivity index (χ0v) is 9.42. The number of hydrogen-bond donors (Lipinski definition) is 1. The second-order valence-corrected chi connectivity index (χ2v) is 1.64. The van der Waals surface area contributed by atoms with Gasteiger partial charge in [0.2, 0.25) is 0 Å². The minimum absolute atomic E-state index is 0.682. The Morgan fingerprint density at radius 1 is 1.15 bits per heavy atom. The highest BCUT2D eigenvalue weighted by Gasteiger charge is 1.89. The number of aromatic nitrogens is 3. The van der Waals surface area contributed by atoms with Crippen molar-refractivity contribution in [1.82, 2.24) is 15.2 Å². The molecule has 0 amide bonds. The molecule has 0 atom stereocenters. The van der Waals surface area contributed by atoms with Crippen molar-refractivity contribution < 1.29 is 0 Å². The van der Waals surface area contributed by atoms with E-state index in [9.17, 15) is 0 Å². The third-order valence-electron chi connectivity index (χ3n) is 0.921. The fourth-order valence-electron chi connectivity index (χ4n) is 0.513. The van der Waals surface area contributed by atoms with Crippen LogP contribution in [0.3, 0.4) is 0 Å². The van der Waals surface area contributed by atoms with Gasteiger partial charge in [0.15, 0.2) is 0 Å². The Kier molecular flexibility index (Phi) is 11.9. The highest BCUT2D eigenvalue weighted by molar-refractivity contribution is 5.28. The van der Waals surface area contributed by atoms with Crippen LogP contribution in [-0.4, -0.2) is 22.2 Å². The predicted molar refractivity (Wildman–Crippen MR) is 56.8 cm³/mol. The molecule has 0 saturated heterocycles. The molecular formula is C9H20N4. The first-order valence-electron chi connectivity index (χ1n) is 4.67. The second kappa shape index (κ2) is 10.8. The lowest BCUT2D eigenvalue weighted by molar-refractivity contribution is 0.910. The molecule has 1 aromatic rings. The topological polar surface area (TPSA) is 50.7 Å². The van der Waals surface area contributed by atoms with E-state index in [4.69, 9.17) is 0 Å².